The lowest BCUT2D eigenvalue weighted by Gasteiger charge is -2.24. The van der Waals surface area contributed by atoms with Crippen LogP contribution in [0.2, 0.25) is 0 Å². The number of thioether (sulfide) groups is 1. The maximum Gasteiger partial charge on any atom is 0.174 e. The molecular weight excluding hydrogens is 430 g/mol. The number of hydrogen-bond donors (Lipinski definition) is 2. The number of hydrogen-bond acceptors (Lipinski definition) is 6. The highest BCUT2D eigenvalue weighted by Crippen LogP contribution is 2.31. The van der Waals surface area contributed by atoms with Crippen molar-refractivity contribution >= 4 is 28.5 Å². The number of aromatic amines is 1. The van der Waals surface area contributed by atoms with Crippen molar-refractivity contribution in [3.63, 3.8) is 0 Å². The molecule has 0 spiro atoms. The first-order valence-electron chi connectivity index (χ1n) is 10.9. The Hall–Kier alpha value is -3.65. The number of nitrogens with zero attached hydrogens (tertiary/aromatic N) is 5. The average molecular weight is 456 g/mol. The molecule has 0 aliphatic heterocycles. The summed E-state index contributed by atoms with van der Waals surface area (Å²) in [5.74, 6) is 1.80. The molecule has 7 nitrogen and oxygen atoms in total. The first kappa shape index (κ1) is 21.2. The van der Waals surface area contributed by atoms with Crippen LogP contribution in [0.4, 0.5) is 5.69 Å². The molecule has 0 fully saturated rings. The highest BCUT2D eigenvalue weighted by atomic mass is 32.2. The van der Waals surface area contributed by atoms with Crippen LogP contribution in [0.25, 0.3) is 11.0 Å². The van der Waals surface area contributed by atoms with Gasteiger partial charge in [-0.3, -0.25) is 0 Å². The molecular formula is C25H25N7S. The number of aromatic nitrogens is 6. The van der Waals surface area contributed by atoms with Crippen molar-refractivity contribution in [1.29, 1.82) is 0 Å². The van der Waals surface area contributed by atoms with Crippen LogP contribution in [0.5, 0.6) is 0 Å². The van der Waals surface area contributed by atoms with E-state index < -0.39 is 0 Å². The van der Waals surface area contributed by atoms with E-state index in [0.717, 1.165) is 45.8 Å². The molecule has 33 heavy (non-hydrogen) atoms. The second-order valence-electron chi connectivity index (χ2n) is 7.82. The number of anilines is 1. The number of fused-ring (bicyclic) bond motifs is 1. The van der Waals surface area contributed by atoms with Gasteiger partial charge >= 0.3 is 0 Å². The molecule has 2 heterocycles. The summed E-state index contributed by atoms with van der Waals surface area (Å²) in [6.45, 7) is 0. The van der Waals surface area contributed by atoms with Crippen LogP contribution in [0, 0.1) is 0 Å². The zero-order valence-electron chi connectivity index (χ0n) is 18.3. The van der Waals surface area contributed by atoms with E-state index in [-0.39, 0.29) is 12.1 Å². The second kappa shape index (κ2) is 9.87. The number of imidazole rings is 1. The van der Waals surface area contributed by atoms with Crippen molar-refractivity contribution in [2.75, 3.05) is 17.3 Å². The smallest absolute Gasteiger partial charge is 0.174 e. The van der Waals surface area contributed by atoms with Gasteiger partial charge in [0.15, 0.2) is 5.82 Å². The molecule has 2 N–H and O–H groups in total. The minimum absolute atomic E-state index is 0.0530. The summed E-state index contributed by atoms with van der Waals surface area (Å²) in [4.78, 5) is 7.50. The van der Waals surface area contributed by atoms with E-state index in [0.29, 0.717) is 0 Å². The fraction of sp³-hybridized carbons (Fsp3) is 0.200. The Bertz CT molecular complexity index is 1260. The summed E-state index contributed by atoms with van der Waals surface area (Å²) >= 11 is 1.81. The Kier molecular flexibility index (Phi) is 6.34. The van der Waals surface area contributed by atoms with Gasteiger partial charge in [0.05, 0.1) is 23.4 Å². The van der Waals surface area contributed by atoms with Crippen molar-refractivity contribution < 1.29 is 0 Å². The van der Waals surface area contributed by atoms with Gasteiger partial charge in [-0.15, -0.1) is 5.10 Å². The Morgan fingerprint density at radius 3 is 2.39 bits per heavy atom. The molecule has 3 aromatic carbocycles. The number of tetrazole rings is 1. The molecule has 0 saturated carbocycles. The number of H-pyrrole nitrogens is 1. The van der Waals surface area contributed by atoms with Crippen LogP contribution in [0.3, 0.4) is 0 Å². The third-order valence-corrected chi connectivity index (χ3v) is 6.32. The van der Waals surface area contributed by atoms with Crippen molar-refractivity contribution in [2.24, 2.45) is 0 Å². The fourth-order valence-electron chi connectivity index (χ4n) is 4.09. The lowest BCUT2D eigenvalue weighted by molar-refractivity contribution is 0.523. The monoisotopic (exact) mass is 455 g/mol. The van der Waals surface area contributed by atoms with Gasteiger partial charge in [0.25, 0.3) is 0 Å². The minimum atomic E-state index is -0.119. The largest absolute Gasteiger partial charge is 0.375 e. The zero-order chi connectivity index (χ0) is 22.5. The Labute approximate surface area is 196 Å². The van der Waals surface area contributed by atoms with E-state index in [2.05, 4.69) is 97.7 Å². The SMILES string of the molecule is CSCCC(Nc1ccc2nc[nH]c2c1)c1nnnn1C(c1ccccc1)c1ccccc1. The molecule has 166 valence electrons. The molecule has 0 aliphatic carbocycles. The van der Waals surface area contributed by atoms with Crippen molar-refractivity contribution in [3.05, 3.63) is 102 Å². The van der Waals surface area contributed by atoms with Gasteiger partial charge < -0.3 is 10.3 Å². The first-order chi connectivity index (χ1) is 16.3. The van der Waals surface area contributed by atoms with Crippen LogP contribution < -0.4 is 5.32 Å². The van der Waals surface area contributed by atoms with Gasteiger partial charge in [-0.25, -0.2) is 9.67 Å². The summed E-state index contributed by atoms with van der Waals surface area (Å²) in [6.07, 6.45) is 4.72. The molecule has 0 amide bonds. The summed E-state index contributed by atoms with van der Waals surface area (Å²) in [5.41, 5.74) is 5.22. The van der Waals surface area contributed by atoms with E-state index in [4.69, 9.17) is 0 Å². The Morgan fingerprint density at radius 1 is 0.970 bits per heavy atom. The van der Waals surface area contributed by atoms with E-state index in [9.17, 15) is 0 Å². The molecule has 8 heteroatoms. The predicted molar refractivity (Wildman–Crippen MR) is 133 cm³/mol. The summed E-state index contributed by atoms with van der Waals surface area (Å²) in [7, 11) is 0. The molecule has 0 bridgehead atoms. The summed E-state index contributed by atoms with van der Waals surface area (Å²) < 4.78 is 1.96. The highest BCUT2D eigenvalue weighted by molar-refractivity contribution is 7.98. The number of benzene rings is 3. The molecule has 2 aromatic heterocycles. The van der Waals surface area contributed by atoms with E-state index in [1.807, 2.05) is 34.6 Å². The molecule has 5 aromatic rings. The topological polar surface area (TPSA) is 84.3 Å². The van der Waals surface area contributed by atoms with Crippen LogP contribution in [0.1, 0.15) is 35.5 Å². The average Bonchev–Trinajstić information content (AvgIpc) is 3.53. The van der Waals surface area contributed by atoms with Crippen LogP contribution in [-0.4, -0.2) is 42.2 Å². The Balaban J connectivity index is 1.55. The third-order valence-electron chi connectivity index (χ3n) is 5.68. The molecule has 1 unspecified atom stereocenters. The zero-order valence-corrected chi connectivity index (χ0v) is 19.1. The first-order valence-corrected chi connectivity index (χ1v) is 12.3. The lowest BCUT2D eigenvalue weighted by Crippen LogP contribution is -2.23. The van der Waals surface area contributed by atoms with Crippen molar-refractivity contribution in [3.8, 4) is 0 Å². The quantitative estimate of drug-likeness (QED) is 0.322. The third kappa shape index (κ3) is 4.61. The molecule has 0 saturated heterocycles. The second-order valence-corrected chi connectivity index (χ2v) is 8.80. The lowest BCUT2D eigenvalue weighted by atomic mass is 9.98. The van der Waals surface area contributed by atoms with Gasteiger partial charge in [0.2, 0.25) is 0 Å². The van der Waals surface area contributed by atoms with Gasteiger partial charge in [0, 0.05) is 5.69 Å². The summed E-state index contributed by atoms with van der Waals surface area (Å²) in [5, 5.41) is 16.8. The van der Waals surface area contributed by atoms with Gasteiger partial charge in [-0.1, -0.05) is 60.7 Å². The van der Waals surface area contributed by atoms with Gasteiger partial charge in [0.1, 0.15) is 6.04 Å². The van der Waals surface area contributed by atoms with Crippen LogP contribution in [-0.2, 0) is 0 Å². The van der Waals surface area contributed by atoms with Crippen molar-refractivity contribution in [1.82, 2.24) is 30.2 Å². The number of nitrogens with one attached hydrogen (secondary N) is 2. The van der Waals surface area contributed by atoms with E-state index in [1.54, 1.807) is 6.33 Å². The van der Waals surface area contributed by atoms with Crippen LogP contribution in [0.15, 0.2) is 85.2 Å². The van der Waals surface area contributed by atoms with Crippen molar-refractivity contribution in [2.45, 2.75) is 18.5 Å². The normalized spacial score (nSPS) is 12.3. The van der Waals surface area contributed by atoms with Gasteiger partial charge in [-0.2, -0.15) is 11.8 Å². The molecule has 1 atom stereocenters. The predicted octanol–water partition coefficient (Wildman–Crippen LogP) is 5.09. The molecule has 0 aliphatic rings. The standard InChI is InChI=1S/C25H25N7S/c1-33-15-14-22(28-20-12-13-21-23(16-20)27-17-26-21)25-29-30-31-32(25)24(18-8-4-2-5-9-18)19-10-6-3-7-11-19/h2-13,16-17,22,24,28H,14-15H2,1H3,(H,26,27). The fourth-order valence-corrected chi connectivity index (χ4v) is 4.56. The van der Waals surface area contributed by atoms with E-state index >= 15 is 0 Å². The minimum Gasteiger partial charge on any atom is -0.375 e. The van der Waals surface area contributed by atoms with Gasteiger partial charge in [-0.05, 0) is 58.2 Å². The maximum absolute atomic E-state index is 4.50. The molecule has 5 rings (SSSR count). The number of rotatable bonds is 9. The van der Waals surface area contributed by atoms with Crippen LogP contribution >= 0.6 is 11.8 Å². The summed E-state index contributed by atoms with van der Waals surface area (Å²) in [6, 6.07) is 26.7. The molecule has 0 radical (unpaired) electrons. The van der Waals surface area contributed by atoms with E-state index in [1.165, 1.54) is 0 Å². The highest BCUT2D eigenvalue weighted by Gasteiger charge is 2.26. The Morgan fingerprint density at radius 2 is 1.70 bits per heavy atom. The maximum atomic E-state index is 4.50.